The maximum atomic E-state index is 12.0. The number of hydrogen-bond donors (Lipinski definition) is 2. The van der Waals surface area contributed by atoms with Crippen LogP contribution in [0.2, 0.25) is 0 Å². The standard InChI is InChI=1S/C12H20N2O3S/c1-8(2)12(3-4-12)6-13-11(17)14-7-18-5-9(14)10(15)16/h8-9H,3-7H2,1-2H3,(H,13,17)(H,15,16)/t9-/m0/s1. The summed E-state index contributed by atoms with van der Waals surface area (Å²) in [6, 6.07) is -0.913. The highest BCUT2D eigenvalue weighted by molar-refractivity contribution is 7.99. The molecule has 2 rings (SSSR count). The van der Waals surface area contributed by atoms with Crippen molar-refractivity contribution < 1.29 is 14.7 Å². The van der Waals surface area contributed by atoms with Crippen LogP contribution < -0.4 is 5.32 Å². The van der Waals surface area contributed by atoms with Crippen LogP contribution in [0.25, 0.3) is 0 Å². The molecule has 1 saturated carbocycles. The highest BCUT2D eigenvalue weighted by atomic mass is 32.2. The minimum absolute atomic E-state index is 0.237. The molecule has 0 aromatic heterocycles. The van der Waals surface area contributed by atoms with E-state index >= 15 is 0 Å². The number of nitrogens with one attached hydrogen (secondary N) is 1. The first kappa shape index (κ1) is 13.5. The molecule has 2 N–H and O–H groups in total. The van der Waals surface area contributed by atoms with Crippen LogP contribution in [0, 0.1) is 11.3 Å². The van der Waals surface area contributed by atoms with E-state index in [1.165, 1.54) is 16.7 Å². The van der Waals surface area contributed by atoms with Gasteiger partial charge in [0.15, 0.2) is 0 Å². The molecule has 2 aliphatic rings. The van der Waals surface area contributed by atoms with Gasteiger partial charge in [0.05, 0.1) is 5.88 Å². The molecule has 1 atom stereocenters. The number of hydrogen-bond acceptors (Lipinski definition) is 3. The zero-order valence-corrected chi connectivity index (χ0v) is 11.6. The molecular weight excluding hydrogens is 252 g/mol. The van der Waals surface area contributed by atoms with Gasteiger partial charge in [-0.3, -0.25) is 0 Å². The zero-order chi connectivity index (χ0) is 13.3. The number of carboxylic acids is 1. The minimum Gasteiger partial charge on any atom is -0.480 e. The number of thioether (sulfide) groups is 1. The molecular formula is C12H20N2O3S. The monoisotopic (exact) mass is 272 g/mol. The Morgan fingerprint density at radius 1 is 1.50 bits per heavy atom. The van der Waals surface area contributed by atoms with Crippen LogP contribution in [0.1, 0.15) is 26.7 Å². The van der Waals surface area contributed by atoms with E-state index in [1.807, 2.05) is 0 Å². The fourth-order valence-electron chi connectivity index (χ4n) is 2.32. The second-order valence-corrected chi connectivity index (χ2v) is 6.50. The van der Waals surface area contributed by atoms with Gasteiger partial charge in [-0.25, -0.2) is 9.59 Å². The van der Waals surface area contributed by atoms with Crippen LogP contribution in [0.3, 0.4) is 0 Å². The molecule has 0 aromatic rings. The van der Waals surface area contributed by atoms with Crippen molar-refractivity contribution in [3.8, 4) is 0 Å². The summed E-state index contributed by atoms with van der Waals surface area (Å²) in [6.45, 7) is 5.01. The van der Waals surface area contributed by atoms with E-state index in [0.717, 1.165) is 12.8 Å². The van der Waals surface area contributed by atoms with Gasteiger partial charge < -0.3 is 15.3 Å². The molecule has 18 heavy (non-hydrogen) atoms. The molecule has 102 valence electrons. The first-order valence-corrected chi connectivity index (χ1v) is 7.47. The lowest BCUT2D eigenvalue weighted by Gasteiger charge is -2.24. The minimum atomic E-state index is -0.917. The lowest BCUT2D eigenvalue weighted by Crippen LogP contribution is -2.48. The Hall–Kier alpha value is -0.910. The van der Waals surface area contributed by atoms with E-state index in [2.05, 4.69) is 19.2 Å². The van der Waals surface area contributed by atoms with Gasteiger partial charge in [0.1, 0.15) is 6.04 Å². The lowest BCUT2D eigenvalue weighted by molar-refractivity contribution is -0.140. The van der Waals surface area contributed by atoms with E-state index in [1.54, 1.807) is 0 Å². The van der Waals surface area contributed by atoms with Crippen molar-refractivity contribution in [2.24, 2.45) is 11.3 Å². The van der Waals surface area contributed by atoms with Gasteiger partial charge in [-0.05, 0) is 24.2 Å². The predicted octanol–water partition coefficient (Wildman–Crippen LogP) is 1.59. The second kappa shape index (κ2) is 4.99. The van der Waals surface area contributed by atoms with Crippen molar-refractivity contribution in [1.82, 2.24) is 10.2 Å². The van der Waals surface area contributed by atoms with Gasteiger partial charge in [0.2, 0.25) is 0 Å². The predicted molar refractivity (Wildman–Crippen MR) is 70.5 cm³/mol. The summed E-state index contributed by atoms with van der Waals surface area (Å²) in [4.78, 5) is 24.4. The molecule has 2 fully saturated rings. The summed E-state index contributed by atoms with van der Waals surface area (Å²) >= 11 is 1.49. The van der Waals surface area contributed by atoms with Crippen LogP contribution in [-0.2, 0) is 4.79 Å². The third kappa shape index (κ3) is 2.58. The molecule has 0 radical (unpaired) electrons. The molecule has 0 aromatic carbocycles. The fraction of sp³-hybridized carbons (Fsp3) is 0.833. The Balaban J connectivity index is 1.87. The van der Waals surface area contributed by atoms with Crippen molar-refractivity contribution in [3.63, 3.8) is 0 Å². The summed E-state index contributed by atoms with van der Waals surface area (Å²) in [6.07, 6.45) is 2.31. The van der Waals surface area contributed by atoms with Crippen LogP contribution >= 0.6 is 11.8 Å². The van der Waals surface area contributed by atoms with Crippen molar-refractivity contribution in [1.29, 1.82) is 0 Å². The van der Waals surface area contributed by atoms with Gasteiger partial charge in [0.25, 0.3) is 0 Å². The zero-order valence-electron chi connectivity index (χ0n) is 10.8. The largest absolute Gasteiger partial charge is 0.480 e. The average Bonchev–Trinajstić information content (AvgIpc) is 2.94. The summed E-state index contributed by atoms with van der Waals surface area (Å²) in [7, 11) is 0. The SMILES string of the molecule is CC(C)C1(CNC(=O)N2CSC[C@H]2C(=O)O)CC1. The molecule has 1 aliphatic carbocycles. The van der Waals surface area contributed by atoms with Gasteiger partial charge in [-0.2, -0.15) is 0 Å². The topological polar surface area (TPSA) is 69.6 Å². The summed E-state index contributed by atoms with van der Waals surface area (Å²) in [5.74, 6) is 0.594. The number of nitrogens with zero attached hydrogens (tertiary/aromatic N) is 1. The van der Waals surface area contributed by atoms with E-state index in [4.69, 9.17) is 5.11 Å². The maximum absolute atomic E-state index is 12.0. The molecule has 1 aliphatic heterocycles. The smallest absolute Gasteiger partial charge is 0.327 e. The Morgan fingerprint density at radius 3 is 2.67 bits per heavy atom. The number of carbonyl (C=O) groups is 2. The third-order valence-corrected chi connectivity index (χ3v) is 5.15. The molecule has 6 heteroatoms. The Bertz CT molecular complexity index is 355. The van der Waals surface area contributed by atoms with Crippen molar-refractivity contribution in [2.45, 2.75) is 32.7 Å². The normalized spacial score (nSPS) is 25.3. The maximum Gasteiger partial charge on any atom is 0.327 e. The Kier molecular flexibility index (Phi) is 3.75. The highest BCUT2D eigenvalue weighted by Crippen LogP contribution is 2.51. The Morgan fingerprint density at radius 2 is 2.17 bits per heavy atom. The van der Waals surface area contributed by atoms with Crippen molar-refractivity contribution >= 4 is 23.8 Å². The number of amides is 2. The molecule has 0 unspecified atom stereocenters. The number of carboxylic acid groups (broad SMARTS) is 1. The number of rotatable bonds is 4. The first-order valence-electron chi connectivity index (χ1n) is 6.31. The third-order valence-electron chi connectivity index (χ3n) is 4.14. The lowest BCUT2D eigenvalue weighted by atomic mass is 9.92. The van der Waals surface area contributed by atoms with E-state index in [0.29, 0.717) is 24.1 Å². The summed E-state index contributed by atoms with van der Waals surface area (Å²) in [5.41, 5.74) is 0.251. The quantitative estimate of drug-likeness (QED) is 0.815. The van der Waals surface area contributed by atoms with Gasteiger partial charge in [-0.1, -0.05) is 13.8 Å². The molecule has 1 heterocycles. The first-order chi connectivity index (χ1) is 8.46. The van der Waals surface area contributed by atoms with E-state index in [-0.39, 0.29) is 11.4 Å². The van der Waals surface area contributed by atoms with E-state index in [9.17, 15) is 9.59 Å². The average molecular weight is 272 g/mol. The van der Waals surface area contributed by atoms with Gasteiger partial charge >= 0.3 is 12.0 Å². The second-order valence-electron chi connectivity index (χ2n) is 5.50. The molecule has 1 saturated heterocycles. The van der Waals surface area contributed by atoms with Crippen LogP contribution in [0.4, 0.5) is 4.79 Å². The van der Waals surface area contributed by atoms with Crippen LogP contribution in [0.15, 0.2) is 0 Å². The molecule has 2 amide bonds. The highest BCUT2D eigenvalue weighted by Gasteiger charge is 2.46. The summed E-state index contributed by atoms with van der Waals surface area (Å²) in [5, 5.41) is 11.9. The Labute approximate surface area is 111 Å². The number of carbonyl (C=O) groups excluding carboxylic acids is 1. The van der Waals surface area contributed by atoms with Crippen LogP contribution in [-0.4, -0.2) is 46.2 Å². The van der Waals surface area contributed by atoms with Crippen molar-refractivity contribution in [2.75, 3.05) is 18.2 Å². The number of aliphatic carboxylic acids is 1. The molecule has 5 nitrogen and oxygen atoms in total. The molecule has 0 bridgehead atoms. The van der Waals surface area contributed by atoms with Crippen LogP contribution in [0.5, 0.6) is 0 Å². The molecule has 0 spiro atoms. The van der Waals surface area contributed by atoms with Gasteiger partial charge in [0, 0.05) is 12.3 Å². The van der Waals surface area contributed by atoms with Gasteiger partial charge in [-0.15, -0.1) is 11.8 Å². The van der Waals surface area contributed by atoms with E-state index < -0.39 is 12.0 Å². The number of urea groups is 1. The summed E-state index contributed by atoms with van der Waals surface area (Å²) < 4.78 is 0. The van der Waals surface area contributed by atoms with Crippen molar-refractivity contribution in [3.05, 3.63) is 0 Å². The fourth-order valence-corrected chi connectivity index (χ4v) is 3.46.